The van der Waals surface area contributed by atoms with Crippen molar-refractivity contribution in [2.75, 3.05) is 5.32 Å². The van der Waals surface area contributed by atoms with Gasteiger partial charge in [0.05, 0.1) is 17.4 Å². The summed E-state index contributed by atoms with van der Waals surface area (Å²) in [6.07, 6.45) is 0.426. The number of halogens is 1. The van der Waals surface area contributed by atoms with Gasteiger partial charge in [0.1, 0.15) is 11.9 Å². The van der Waals surface area contributed by atoms with E-state index in [1.165, 1.54) is 11.8 Å². The average Bonchev–Trinajstić information content (AvgIpc) is 3.28. The Labute approximate surface area is 235 Å². The molecule has 8 nitrogen and oxygen atoms in total. The highest BCUT2D eigenvalue weighted by molar-refractivity contribution is 8.15. The minimum absolute atomic E-state index is 0.0891. The molecule has 5 rings (SSSR count). The first-order valence-corrected chi connectivity index (χ1v) is 13.8. The molecule has 0 saturated carbocycles. The van der Waals surface area contributed by atoms with E-state index in [1.807, 2.05) is 61.5 Å². The fraction of sp³-hybridized carbons (Fsp3) is 0.207. The lowest BCUT2D eigenvalue weighted by atomic mass is 10.1. The lowest BCUT2D eigenvalue weighted by Gasteiger charge is -2.32. The number of amides is 3. The number of benzene rings is 3. The minimum atomic E-state index is -0.854. The summed E-state index contributed by atoms with van der Waals surface area (Å²) in [6, 6.07) is 23.0. The van der Waals surface area contributed by atoms with E-state index in [9.17, 15) is 14.4 Å². The highest BCUT2D eigenvalue weighted by Gasteiger charge is 2.43. The number of amidine groups is 2. The van der Waals surface area contributed by atoms with Crippen molar-refractivity contribution in [3.05, 3.63) is 95.0 Å². The maximum atomic E-state index is 13.2. The summed E-state index contributed by atoms with van der Waals surface area (Å²) in [5.41, 5.74) is 2.96. The van der Waals surface area contributed by atoms with E-state index >= 15 is 0 Å². The van der Waals surface area contributed by atoms with Crippen LogP contribution in [0, 0.1) is 0 Å². The van der Waals surface area contributed by atoms with Gasteiger partial charge in [-0.3, -0.25) is 19.3 Å². The number of nitrogens with zero attached hydrogens (tertiary/aromatic N) is 3. The molecule has 0 fully saturated rings. The largest absolute Gasteiger partial charge is 0.352 e. The molecule has 2 heterocycles. The number of hydrogen-bond donors (Lipinski definition) is 2. The summed E-state index contributed by atoms with van der Waals surface area (Å²) in [5.74, 6) is -0.442. The number of nitrogens with one attached hydrogen (secondary N) is 2. The van der Waals surface area contributed by atoms with Crippen molar-refractivity contribution < 1.29 is 14.4 Å². The summed E-state index contributed by atoms with van der Waals surface area (Å²) in [6.45, 7) is 2.27. The van der Waals surface area contributed by atoms with Crippen LogP contribution in [-0.4, -0.2) is 44.9 Å². The topological polar surface area (TPSA) is 103 Å². The summed E-state index contributed by atoms with van der Waals surface area (Å²) in [7, 11) is 0. The van der Waals surface area contributed by atoms with E-state index in [-0.39, 0.29) is 18.2 Å². The molecule has 39 heavy (non-hydrogen) atoms. The Morgan fingerprint density at radius 2 is 1.72 bits per heavy atom. The SMILES string of the molecule is CCC(SC1=Nc2ccccc2C2=NC(=O)C(CC(=O)NCc3ccccc3)N12)C(=O)Nc1ccc(Cl)cc1. The molecule has 3 aromatic rings. The van der Waals surface area contributed by atoms with Crippen LogP contribution in [0.4, 0.5) is 11.4 Å². The molecule has 0 spiro atoms. The van der Waals surface area contributed by atoms with Gasteiger partial charge in [-0.05, 0) is 48.4 Å². The summed E-state index contributed by atoms with van der Waals surface area (Å²) in [5, 5.41) is 6.34. The van der Waals surface area contributed by atoms with E-state index in [4.69, 9.17) is 16.6 Å². The molecule has 3 amide bonds. The Balaban J connectivity index is 1.36. The predicted octanol–water partition coefficient (Wildman–Crippen LogP) is 5.16. The zero-order chi connectivity index (χ0) is 27.4. The van der Waals surface area contributed by atoms with Crippen LogP contribution in [0.5, 0.6) is 0 Å². The number of thioether (sulfide) groups is 1. The van der Waals surface area contributed by atoms with E-state index < -0.39 is 17.2 Å². The summed E-state index contributed by atoms with van der Waals surface area (Å²) in [4.78, 5) is 50.0. The van der Waals surface area contributed by atoms with Gasteiger partial charge < -0.3 is 10.6 Å². The van der Waals surface area contributed by atoms with Crippen molar-refractivity contribution in [1.29, 1.82) is 0 Å². The number of aliphatic imine (C=N–C) groups is 2. The van der Waals surface area contributed by atoms with Crippen LogP contribution in [0.1, 0.15) is 30.9 Å². The van der Waals surface area contributed by atoms with E-state index in [0.717, 1.165) is 5.56 Å². The van der Waals surface area contributed by atoms with Crippen molar-refractivity contribution in [2.45, 2.75) is 37.6 Å². The maximum Gasteiger partial charge on any atom is 0.271 e. The van der Waals surface area contributed by atoms with Gasteiger partial charge >= 0.3 is 0 Å². The van der Waals surface area contributed by atoms with Crippen LogP contribution in [0.2, 0.25) is 5.02 Å². The second kappa shape index (κ2) is 11.8. The molecule has 3 aromatic carbocycles. The van der Waals surface area contributed by atoms with Crippen LogP contribution >= 0.6 is 23.4 Å². The monoisotopic (exact) mass is 559 g/mol. The van der Waals surface area contributed by atoms with Crippen LogP contribution < -0.4 is 10.6 Å². The lowest BCUT2D eigenvalue weighted by molar-refractivity contribution is -0.126. The van der Waals surface area contributed by atoms with Crippen molar-refractivity contribution in [2.24, 2.45) is 9.98 Å². The molecule has 2 N–H and O–H groups in total. The quantitative estimate of drug-likeness (QED) is 0.397. The van der Waals surface area contributed by atoms with Gasteiger partial charge in [0, 0.05) is 22.8 Å². The molecule has 2 aliphatic rings. The van der Waals surface area contributed by atoms with Gasteiger partial charge in [0.25, 0.3) is 5.91 Å². The first-order valence-electron chi connectivity index (χ1n) is 12.6. The Kier molecular flexibility index (Phi) is 8.09. The molecule has 10 heteroatoms. The first-order chi connectivity index (χ1) is 18.9. The third-order valence-corrected chi connectivity index (χ3v) is 7.92. The van der Waals surface area contributed by atoms with Crippen molar-refractivity contribution in [3.63, 3.8) is 0 Å². The second-order valence-electron chi connectivity index (χ2n) is 9.05. The zero-order valence-corrected chi connectivity index (χ0v) is 22.7. The predicted molar refractivity (Wildman–Crippen MR) is 155 cm³/mol. The molecule has 2 unspecified atom stereocenters. The van der Waals surface area contributed by atoms with Gasteiger partial charge in [-0.15, -0.1) is 0 Å². The molecular weight excluding hydrogens is 534 g/mol. The Morgan fingerprint density at radius 3 is 2.46 bits per heavy atom. The fourth-order valence-corrected chi connectivity index (χ4v) is 5.52. The third kappa shape index (κ3) is 6.05. The van der Waals surface area contributed by atoms with Crippen molar-refractivity contribution >= 4 is 63.5 Å². The lowest BCUT2D eigenvalue weighted by Crippen LogP contribution is -2.46. The third-order valence-electron chi connectivity index (χ3n) is 6.34. The van der Waals surface area contributed by atoms with E-state index in [1.54, 1.807) is 29.2 Å². The van der Waals surface area contributed by atoms with E-state index in [0.29, 0.717) is 45.9 Å². The van der Waals surface area contributed by atoms with Crippen LogP contribution in [0.15, 0.2) is 88.8 Å². The van der Waals surface area contributed by atoms with Gasteiger partial charge in [-0.25, -0.2) is 4.99 Å². The smallest absolute Gasteiger partial charge is 0.271 e. The summed E-state index contributed by atoms with van der Waals surface area (Å²) < 4.78 is 0. The van der Waals surface area contributed by atoms with Crippen molar-refractivity contribution in [3.8, 4) is 0 Å². The van der Waals surface area contributed by atoms with Crippen LogP contribution in [0.3, 0.4) is 0 Å². The molecule has 198 valence electrons. The zero-order valence-electron chi connectivity index (χ0n) is 21.1. The number of rotatable bonds is 8. The van der Waals surface area contributed by atoms with Gasteiger partial charge in [0.15, 0.2) is 5.17 Å². The molecule has 2 aliphatic heterocycles. The second-order valence-corrected chi connectivity index (χ2v) is 10.7. The normalized spacial score (nSPS) is 16.5. The highest BCUT2D eigenvalue weighted by atomic mass is 35.5. The summed E-state index contributed by atoms with van der Waals surface area (Å²) >= 11 is 7.22. The standard InChI is InChI=1S/C29H26ClN5O3S/c1-2-24(28(38)32-20-14-12-19(30)13-15-20)39-29-33-22-11-7-6-10-21(22)26-34-27(37)23(35(26)29)16-25(36)31-17-18-8-4-3-5-9-18/h3-15,23-24H,2,16-17H2,1H3,(H,31,36)(H,32,38). The molecular formula is C29H26ClN5O3S. The molecule has 0 saturated heterocycles. The molecule has 2 atom stereocenters. The number of carbonyl (C=O) groups excluding carboxylic acids is 3. The molecule has 0 aliphatic carbocycles. The van der Waals surface area contributed by atoms with Crippen LogP contribution in [0.25, 0.3) is 0 Å². The van der Waals surface area contributed by atoms with Gasteiger partial charge in [-0.1, -0.05) is 72.8 Å². The highest BCUT2D eigenvalue weighted by Crippen LogP contribution is 2.36. The number of hydrogen-bond acceptors (Lipinski definition) is 6. The van der Waals surface area contributed by atoms with Crippen molar-refractivity contribution in [1.82, 2.24) is 10.2 Å². The molecule has 0 bridgehead atoms. The average molecular weight is 560 g/mol. The molecule has 0 aromatic heterocycles. The van der Waals surface area contributed by atoms with Gasteiger partial charge in [0.2, 0.25) is 11.8 Å². The number of carbonyl (C=O) groups is 3. The number of fused-ring (bicyclic) bond motifs is 3. The Hall–Kier alpha value is -3.95. The maximum absolute atomic E-state index is 13.2. The Bertz CT molecular complexity index is 1460. The molecule has 0 radical (unpaired) electrons. The number of para-hydroxylation sites is 1. The fourth-order valence-electron chi connectivity index (χ4n) is 4.33. The number of anilines is 1. The van der Waals surface area contributed by atoms with E-state index in [2.05, 4.69) is 15.6 Å². The van der Waals surface area contributed by atoms with Crippen LogP contribution in [-0.2, 0) is 20.9 Å². The minimum Gasteiger partial charge on any atom is -0.352 e. The Morgan fingerprint density at radius 1 is 1.00 bits per heavy atom. The van der Waals surface area contributed by atoms with Gasteiger partial charge in [-0.2, -0.15) is 4.99 Å². The first kappa shape index (κ1) is 26.6.